The Labute approximate surface area is 153 Å². The highest BCUT2D eigenvalue weighted by atomic mass is 16.6. The van der Waals surface area contributed by atoms with Crippen molar-refractivity contribution in [3.63, 3.8) is 0 Å². The van der Waals surface area contributed by atoms with Gasteiger partial charge in [0.2, 0.25) is 0 Å². The molecule has 0 radical (unpaired) electrons. The lowest BCUT2D eigenvalue weighted by atomic mass is 10.1. The smallest absolute Gasteiger partial charge is 0.251 e. The van der Waals surface area contributed by atoms with Gasteiger partial charge < -0.3 is 19.7 Å². The zero-order valence-corrected chi connectivity index (χ0v) is 14.8. The van der Waals surface area contributed by atoms with Crippen molar-refractivity contribution in [1.82, 2.24) is 5.32 Å². The van der Waals surface area contributed by atoms with Crippen LogP contribution in [0, 0.1) is 0 Å². The average molecular weight is 352 g/mol. The number of amides is 1. The summed E-state index contributed by atoms with van der Waals surface area (Å²) >= 11 is 0. The number of hydrogen-bond donors (Lipinski definition) is 1. The van der Waals surface area contributed by atoms with Crippen LogP contribution in [0.3, 0.4) is 0 Å². The van der Waals surface area contributed by atoms with E-state index in [0.29, 0.717) is 18.7 Å². The Balaban J connectivity index is 1.31. The number of para-hydroxylation sites is 2. The number of ether oxygens (including phenoxy) is 2. The van der Waals surface area contributed by atoms with Crippen molar-refractivity contribution >= 4 is 11.6 Å². The van der Waals surface area contributed by atoms with E-state index in [-0.39, 0.29) is 12.0 Å². The summed E-state index contributed by atoms with van der Waals surface area (Å²) in [4.78, 5) is 14.8. The van der Waals surface area contributed by atoms with Crippen molar-refractivity contribution < 1.29 is 14.3 Å². The first-order valence-corrected chi connectivity index (χ1v) is 9.31. The van der Waals surface area contributed by atoms with E-state index in [9.17, 15) is 4.79 Å². The van der Waals surface area contributed by atoms with Crippen LogP contribution in [0.2, 0.25) is 0 Å². The molecule has 1 atom stereocenters. The third-order valence-electron chi connectivity index (χ3n) is 4.91. The van der Waals surface area contributed by atoms with Gasteiger partial charge >= 0.3 is 0 Å². The van der Waals surface area contributed by atoms with Crippen molar-refractivity contribution in [2.45, 2.75) is 25.4 Å². The number of nitrogens with one attached hydrogen (secondary N) is 1. The Kier molecular flexibility index (Phi) is 4.95. The minimum atomic E-state index is -0.179. The number of nitrogens with zero attached hydrogens (tertiary/aromatic N) is 1. The number of carbonyl (C=O) groups is 1. The van der Waals surface area contributed by atoms with Gasteiger partial charge in [-0.25, -0.2) is 0 Å². The molecule has 26 heavy (non-hydrogen) atoms. The molecule has 1 saturated heterocycles. The summed E-state index contributed by atoms with van der Waals surface area (Å²) in [6.07, 6.45) is 3.62. The van der Waals surface area contributed by atoms with Crippen LogP contribution in [0.1, 0.15) is 29.6 Å². The number of fused-ring (bicyclic) bond motifs is 1. The standard InChI is InChI=1S/C21H24N2O3/c24-21(16-8-10-17(11-9-16)23-12-4-1-5-13-23)22-14-18-15-25-19-6-2-3-7-20(19)26-18/h2-3,6-11,18H,1,4-5,12-15H2,(H,22,24)/t18-/m1/s1. The molecule has 5 nitrogen and oxygen atoms in total. The molecule has 1 fully saturated rings. The molecule has 0 bridgehead atoms. The van der Waals surface area contributed by atoms with Crippen LogP contribution < -0.4 is 19.7 Å². The Bertz CT molecular complexity index is 754. The molecule has 1 amide bonds. The number of hydrogen-bond acceptors (Lipinski definition) is 4. The normalized spacial score (nSPS) is 19.1. The first kappa shape index (κ1) is 16.8. The highest BCUT2D eigenvalue weighted by Crippen LogP contribution is 2.30. The van der Waals surface area contributed by atoms with Crippen molar-refractivity contribution in [2.75, 3.05) is 31.1 Å². The molecule has 2 aromatic rings. The zero-order chi connectivity index (χ0) is 17.8. The summed E-state index contributed by atoms with van der Waals surface area (Å²) in [6, 6.07) is 15.5. The predicted octanol–water partition coefficient (Wildman–Crippen LogP) is 3.25. The molecule has 5 heteroatoms. The van der Waals surface area contributed by atoms with E-state index < -0.39 is 0 Å². The highest BCUT2D eigenvalue weighted by molar-refractivity contribution is 5.94. The summed E-state index contributed by atoms with van der Waals surface area (Å²) < 4.78 is 11.5. The van der Waals surface area contributed by atoms with Gasteiger partial charge in [-0.2, -0.15) is 0 Å². The fourth-order valence-electron chi connectivity index (χ4n) is 3.45. The van der Waals surface area contributed by atoms with E-state index in [1.807, 2.05) is 48.5 Å². The SMILES string of the molecule is O=C(NC[C@@H]1COc2ccccc2O1)c1ccc(N2CCCCC2)cc1. The van der Waals surface area contributed by atoms with E-state index in [0.717, 1.165) is 24.6 Å². The lowest BCUT2D eigenvalue weighted by molar-refractivity contribution is 0.0789. The van der Waals surface area contributed by atoms with Crippen molar-refractivity contribution in [3.05, 3.63) is 54.1 Å². The second-order valence-electron chi connectivity index (χ2n) is 6.80. The Morgan fingerprint density at radius 2 is 1.73 bits per heavy atom. The van der Waals surface area contributed by atoms with Gasteiger partial charge in [0.1, 0.15) is 12.7 Å². The first-order chi connectivity index (χ1) is 12.8. The Hall–Kier alpha value is -2.69. The fraction of sp³-hybridized carbons (Fsp3) is 0.381. The molecule has 1 N–H and O–H groups in total. The van der Waals surface area contributed by atoms with E-state index in [1.54, 1.807) is 0 Å². The third-order valence-corrected chi connectivity index (χ3v) is 4.91. The predicted molar refractivity (Wildman–Crippen MR) is 101 cm³/mol. The number of anilines is 1. The lowest BCUT2D eigenvalue weighted by Gasteiger charge is -2.29. The van der Waals surface area contributed by atoms with Crippen LogP contribution in [0.25, 0.3) is 0 Å². The van der Waals surface area contributed by atoms with Crippen LogP contribution in [-0.2, 0) is 0 Å². The average Bonchev–Trinajstić information content (AvgIpc) is 2.72. The van der Waals surface area contributed by atoms with Gasteiger partial charge in [0, 0.05) is 24.3 Å². The van der Waals surface area contributed by atoms with Gasteiger partial charge in [-0.3, -0.25) is 4.79 Å². The van der Waals surface area contributed by atoms with Crippen molar-refractivity contribution in [1.29, 1.82) is 0 Å². The molecule has 2 aromatic carbocycles. The van der Waals surface area contributed by atoms with E-state index in [4.69, 9.17) is 9.47 Å². The maximum atomic E-state index is 12.4. The van der Waals surface area contributed by atoms with Crippen LogP contribution in [0.4, 0.5) is 5.69 Å². The molecule has 2 heterocycles. The molecule has 0 aromatic heterocycles. The fourth-order valence-corrected chi connectivity index (χ4v) is 3.45. The summed E-state index contributed by atoms with van der Waals surface area (Å²) in [5, 5.41) is 2.94. The number of carbonyl (C=O) groups excluding carboxylic acids is 1. The maximum Gasteiger partial charge on any atom is 0.251 e. The quantitative estimate of drug-likeness (QED) is 0.918. The number of piperidine rings is 1. The topological polar surface area (TPSA) is 50.8 Å². The monoisotopic (exact) mass is 352 g/mol. The number of rotatable bonds is 4. The number of benzene rings is 2. The lowest BCUT2D eigenvalue weighted by Crippen LogP contribution is -2.40. The molecule has 136 valence electrons. The third kappa shape index (κ3) is 3.77. The van der Waals surface area contributed by atoms with Crippen molar-refractivity contribution in [3.8, 4) is 11.5 Å². The molecule has 0 aliphatic carbocycles. The van der Waals surface area contributed by atoms with Crippen LogP contribution >= 0.6 is 0 Å². The van der Waals surface area contributed by atoms with Gasteiger partial charge in [-0.1, -0.05) is 12.1 Å². The zero-order valence-electron chi connectivity index (χ0n) is 14.8. The molecular formula is C21H24N2O3. The van der Waals surface area contributed by atoms with E-state index in [2.05, 4.69) is 10.2 Å². The van der Waals surface area contributed by atoms with Gasteiger partial charge in [0.05, 0.1) is 6.54 Å². The van der Waals surface area contributed by atoms with Gasteiger partial charge in [0.15, 0.2) is 11.5 Å². The summed E-state index contributed by atoms with van der Waals surface area (Å²) in [5.74, 6) is 1.39. The summed E-state index contributed by atoms with van der Waals surface area (Å²) in [6.45, 7) is 3.06. The van der Waals surface area contributed by atoms with Gasteiger partial charge in [-0.15, -0.1) is 0 Å². The second-order valence-corrected chi connectivity index (χ2v) is 6.80. The molecular weight excluding hydrogens is 328 g/mol. The largest absolute Gasteiger partial charge is 0.486 e. The highest BCUT2D eigenvalue weighted by Gasteiger charge is 2.21. The minimum Gasteiger partial charge on any atom is -0.486 e. The van der Waals surface area contributed by atoms with Crippen LogP contribution in [0.5, 0.6) is 11.5 Å². The Morgan fingerprint density at radius 3 is 2.50 bits per heavy atom. The summed E-state index contributed by atoms with van der Waals surface area (Å²) in [5.41, 5.74) is 1.87. The van der Waals surface area contributed by atoms with Crippen LogP contribution in [-0.4, -0.2) is 38.3 Å². The van der Waals surface area contributed by atoms with Crippen LogP contribution in [0.15, 0.2) is 48.5 Å². The molecule has 4 rings (SSSR count). The molecule has 2 aliphatic heterocycles. The van der Waals surface area contributed by atoms with E-state index in [1.165, 1.54) is 24.9 Å². The minimum absolute atomic E-state index is 0.0855. The maximum absolute atomic E-state index is 12.4. The second kappa shape index (κ2) is 7.68. The molecule has 0 spiro atoms. The summed E-state index contributed by atoms with van der Waals surface area (Å²) in [7, 11) is 0. The Morgan fingerprint density at radius 1 is 1.00 bits per heavy atom. The van der Waals surface area contributed by atoms with Crippen molar-refractivity contribution in [2.24, 2.45) is 0 Å². The molecule has 2 aliphatic rings. The van der Waals surface area contributed by atoms with Gasteiger partial charge in [-0.05, 0) is 55.7 Å². The van der Waals surface area contributed by atoms with Gasteiger partial charge in [0.25, 0.3) is 5.91 Å². The van der Waals surface area contributed by atoms with E-state index >= 15 is 0 Å². The molecule has 0 unspecified atom stereocenters. The first-order valence-electron chi connectivity index (χ1n) is 9.31. The molecule has 0 saturated carbocycles.